The minimum atomic E-state index is -4.52. The van der Waals surface area contributed by atoms with E-state index in [1.165, 1.54) is 12.1 Å². The van der Waals surface area contributed by atoms with Crippen LogP contribution in [0.25, 0.3) is 5.69 Å². The molecule has 4 rings (SSSR count). The van der Waals surface area contributed by atoms with E-state index < -0.39 is 34.6 Å². The van der Waals surface area contributed by atoms with Crippen LogP contribution < -0.4 is 16.6 Å². The number of aryl methyl sites for hydroxylation is 1. The first-order valence-electron chi connectivity index (χ1n) is 11.7. The minimum Gasteiger partial charge on any atom is -0.379 e. The van der Waals surface area contributed by atoms with Gasteiger partial charge < -0.3 is 10.1 Å². The van der Waals surface area contributed by atoms with Gasteiger partial charge >= 0.3 is 11.9 Å². The normalized spacial score (nSPS) is 14.5. The molecule has 2 heterocycles. The highest BCUT2D eigenvalue weighted by molar-refractivity contribution is 5.91. The van der Waals surface area contributed by atoms with Crippen molar-refractivity contribution in [2.24, 2.45) is 0 Å². The Hall–Kier alpha value is -3.77. The Balaban J connectivity index is 1.66. The first-order valence-corrected chi connectivity index (χ1v) is 11.7. The van der Waals surface area contributed by atoms with E-state index in [-0.39, 0.29) is 18.7 Å². The molecule has 0 bridgehead atoms. The third-order valence-electron chi connectivity index (χ3n) is 5.99. The van der Waals surface area contributed by atoms with E-state index >= 15 is 0 Å². The van der Waals surface area contributed by atoms with E-state index in [9.17, 15) is 27.6 Å². The predicted octanol–water partition coefficient (Wildman–Crippen LogP) is 1.83. The number of hydrogen-bond acceptors (Lipinski definition) is 6. The van der Waals surface area contributed by atoms with Gasteiger partial charge in [0.05, 0.1) is 31.0 Å². The van der Waals surface area contributed by atoms with Crippen molar-refractivity contribution in [1.29, 1.82) is 0 Å². The van der Waals surface area contributed by atoms with Crippen molar-refractivity contribution in [2.75, 3.05) is 39.4 Å². The molecule has 1 aromatic heterocycles. The van der Waals surface area contributed by atoms with E-state index in [4.69, 9.17) is 4.74 Å². The molecule has 1 aliphatic heterocycles. The highest BCUT2D eigenvalue weighted by Crippen LogP contribution is 2.29. The van der Waals surface area contributed by atoms with Gasteiger partial charge in [-0.25, -0.2) is 4.79 Å². The molecule has 1 fully saturated rings. The maximum absolute atomic E-state index is 13.2. The summed E-state index contributed by atoms with van der Waals surface area (Å²) in [5, 5.41) is 6.73. The third kappa shape index (κ3) is 6.33. The fourth-order valence-corrected chi connectivity index (χ4v) is 3.87. The lowest BCUT2D eigenvalue weighted by Crippen LogP contribution is -2.47. The predicted molar refractivity (Wildman–Crippen MR) is 129 cm³/mol. The number of carbonyl (C=O) groups is 1. The summed E-state index contributed by atoms with van der Waals surface area (Å²) in [6, 6.07) is 10.9. The van der Waals surface area contributed by atoms with Crippen molar-refractivity contribution in [3.05, 3.63) is 91.8 Å². The molecule has 0 atom stereocenters. The third-order valence-corrected chi connectivity index (χ3v) is 5.99. The fourth-order valence-electron chi connectivity index (χ4n) is 3.87. The molecule has 1 saturated heterocycles. The molecule has 0 saturated carbocycles. The molecule has 3 aromatic rings. The Bertz CT molecular complexity index is 1360. The van der Waals surface area contributed by atoms with E-state index in [1.807, 2.05) is 6.92 Å². The largest absolute Gasteiger partial charge is 0.416 e. The van der Waals surface area contributed by atoms with Crippen molar-refractivity contribution < 1.29 is 22.7 Å². The second-order valence-corrected chi connectivity index (χ2v) is 8.67. The lowest BCUT2D eigenvalue weighted by atomic mass is 10.1. The van der Waals surface area contributed by atoms with Crippen molar-refractivity contribution >= 4 is 5.91 Å². The molecule has 1 aliphatic rings. The topological polar surface area (TPSA) is 98.5 Å². The molecule has 37 heavy (non-hydrogen) atoms. The molecular formula is C25H26F3N5O4. The van der Waals surface area contributed by atoms with Gasteiger partial charge in [0.25, 0.3) is 11.5 Å². The molecule has 1 amide bonds. The van der Waals surface area contributed by atoms with Crippen LogP contribution >= 0.6 is 0 Å². The molecule has 12 heteroatoms. The highest BCUT2D eigenvalue weighted by atomic mass is 19.4. The van der Waals surface area contributed by atoms with Crippen LogP contribution in [0.3, 0.4) is 0 Å². The van der Waals surface area contributed by atoms with Gasteiger partial charge in [0, 0.05) is 26.2 Å². The van der Waals surface area contributed by atoms with Crippen LogP contribution in [0.1, 0.15) is 27.2 Å². The summed E-state index contributed by atoms with van der Waals surface area (Å²) < 4.78 is 45.9. The van der Waals surface area contributed by atoms with Gasteiger partial charge in [-0.3, -0.25) is 19.1 Å². The second kappa shape index (κ2) is 11.1. The lowest BCUT2D eigenvalue weighted by molar-refractivity contribution is -0.137. The molecule has 0 radical (unpaired) electrons. The number of aromatic nitrogens is 3. The minimum absolute atomic E-state index is 0.252. The zero-order valence-corrected chi connectivity index (χ0v) is 20.1. The van der Waals surface area contributed by atoms with Crippen molar-refractivity contribution in [3.8, 4) is 5.69 Å². The quantitative estimate of drug-likeness (QED) is 0.514. The first kappa shape index (κ1) is 26.3. The fraction of sp³-hybridized carbons (Fsp3) is 0.360. The van der Waals surface area contributed by atoms with Crippen LogP contribution in [0, 0.1) is 6.92 Å². The average Bonchev–Trinajstić information content (AvgIpc) is 2.88. The Morgan fingerprint density at radius 3 is 2.30 bits per heavy atom. The van der Waals surface area contributed by atoms with Gasteiger partial charge in [0.15, 0.2) is 0 Å². The van der Waals surface area contributed by atoms with Crippen LogP contribution in [0.15, 0.2) is 58.1 Å². The number of benzene rings is 2. The summed E-state index contributed by atoms with van der Waals surface area (Å²) in [6.07, 6.45) is -4.52. The van der Waals surface area contributed by atoms with E-state index in [0.717, 1.165) is 40.0 Å². The summed E-state index contributed by atoms with van der Waals surface area (Å²) in [4.78, 5) is 41.5. The van der Waals surface area contributed by atoms with Crippen LogP contribution in [0.2, 0.25) is 0 Å². The SMILES string of the molecule is Cc1ccc(-n2nc(C(=O)NCCN3CCOCC3)c(=O)n(Cc3ccc(C(F)(F)F)cc3)c2=O)cc1. The van der Waals surface area contributed by atoms with Gasteiger partial charge in [0.1, 0.15) is 0 Å². The number of carbonyl (C=O) groups excluding carboxylic acids is 1. The summed E-state index contributed by atoms with van der Waals surface area (Å²) >= 11 is 0. The number of alkyl halides is 3. The number of amides is 1. The number of hydrogen-bond donors (Lipinski definition) is 1. The molecule has 9 nitrogen and oxygen atoms in total. The smallest absolute Gasteiger partial charge is 0.379 e. The average molecular weight is 518 g/mol. The zero-order valence-electron chi connectivity index (χ0n) is 20.1. The van der Waals surface area contributed by atoms with Crippen LogP contribution in [-0.2, 0) is 17.5 Å². The number of halogens is 3. The standard InChI is InChI=1S/C25H26F3N5O4/c1-17-2-8-20(9-3-17)33-24(36)32(16-18-4-6-19(7-5-18)25(26,27)28)23(35)21(30-33)22(34)29-10-11-31-12-14-37-15-13-31/h2-9H,10-16H2,1H3,(H,29,34). The van der Waals surface area contributed by atoms with Gasteiger partial charge in [-0.1, -0.05) is 29.8 Å². The monoisotopic (exact) mass is 517 g/mol. The Kier molecular flexibility index (Phi) is 7.89. The van der Waals surface area contributed by atoms with Gasteiger partial charge in [-0.15, -0.1) is 0 Å². The second-order valence-electron chi connectivity index (χ2n) is 8.67. The summed E-state index contributed by atoms with van der Waals surface area (Å²) in [6.45, 7) is 4.99. The number of rotatable bonds is 7. The summed E-state index contributed by atoms with van der Waals surface area (Å²) in [5.74, 6) is -0.750. The molecule has 2 aromatic carbocycles. The van der Waals surface area contributed by atoms with E-state index in [0.29, 0.717) is 25.4 Å². The molecule has 0 aliphatic carbocycles. The summed E-state index contributed by atoms with van der Waals surface area (Å²) in [7, 11) is 0. The summed E-state index contributed by atoms with van der Waals surface area (Å²) in [5.41, 5.74) is -1.55. The highest BCUT2D eigenvalue weighted by Gasteiger charge is 2.30. The molecular weight excluding hydrogens is 491 g/mol. The lowest BCUT2D eigenvalue weighted by Gasteiger charge is -2.26. The number of nitrogens with zero attached hydrogens (tertiary/aromatic N) is 4. The Morgan fingerprint density at radius 1 is 1.03 bits per heavy atom. The van der Waals surface area contributed by atoms with E-state index in [1.54, 1.807) is 24.3 Å². The molecule has 1 N–H and O–H groups in total. The van der Waals surface area contributed by atoms with Crippen LogP contribution in [0.4, 0.5) is 13.2 Å². The van der Waals surface area contributed by atoms with Gasteiger partial charge in [-0.2, -0.15) is 23.0 Å². The number of morpholine rings is 1. The van der Waals surface area contributed by atoms with Crippen molar-refractivity contribution in [3.63, 3.8) is 0 Å². The zero-order chi connectivity index (χ0) is 26.6. The number of nitrogens with one attached hydrogen (secondary N) is 1. The van der Waals surface area contributed by atoms with Crippen LogP contribution in [-0.4, -0.2) is 64.5 Å². The van der Waals surface area contributed by atoms with Crippen LogP contribution in [0.5, 0.6) is 0 Å². The van der Waals surface area contributed by atoms with Crippen molar-refractivity contribution in [1.82, 2.24) is 24.6 Å². The molecule has 0 spiro atoms. The molecule has 0 unspecified atom stereocenters. The van der Waals surface area contributed by atoms with E-state index in [2.05, 4.69) is 15.3 Å². The Labute approximate surface area is 210 Å². The maximum atomic E-state index is 13.2. The van der Waals surface area contributed by atoms with Gasteiger partial charge in [-0.05, 0) is 36.8 Å². The Morgan fingerprint density at radius 2 is 1.68 bits per heavy atom. The maximum Gasteiger partial charge on any atom is 0.416 e. The van der Waals surface area contributed by atoms with Gasteiger partial charge in [0.2, 0.25) is 5.69 Å². The van der Waals surface area contributed by atoms with Crippen molar-refractivity contribution in [2.45, 2.75) is 19.6 Å². The molecule has 196 valence electrons. The first-order chi connectivity index (χ1) is 17.6. The number of ether oxygens (including phenoxy) is 1.